The van der Waals surface area contributed by atoms with E-state index in [9.17, 15) is 18.0 Å². The second-order valence-corrected chi connectivity index (χ2v) is 6.49. The predicted molar refractivity (Wildman–Crippen MR) is 90.3 cm³/mol. The minimum Gasteiger partial charge on any atom is -0.370 e. The standard InChI is InChI=1S/C18H16ClF3N2O/c19-15-7-2-1-6-14(15)16(23-12-5-3-4-11(20)8-12)17(25)24-13-9-18(21,22)10-13/h1-8,13,16,23H,9-10H2,(H,24,25)/t16-/m1/s1. The van der Waals surface area contributed by atoms with Gasteiger partial charge in [-0.1, -0.05) is 35.9 Å². The van der Waals surface area contributed by atoms with Gasteiger partial charge in [0.15, 0.2) is 0 Å². The fraction of sp³-hybridized carbons (Fsp3) is 0.278. The van der Waals surface area contributed by atoms with Gasteiger partial charge in [-0.3, -0.25) is 4.79 Å². The van der Waals surface area contributed by atoms with Crippen LogP contribution in [0.25, 0.3) is 0 Å². The molecule has 1 saturated carbocycles. The Balaban J connectivity index is 1.81. The van der Waals surface area contributed by atoms with Gasteiger partial charge in [0.05, 0.1) is 0 Å². The van der Waals surface area contributed by atoms with E-state index in [1.54, 1.807) is 30.3 Å². The molecule has 0 radical (unpaired) electrons. The highest BCUT2D eigenvalue weighted by molar-refractivity contribution is 6.31. The van der Waals surface area contributed by atoms with Gasteiger partial charge in [0.1, 0.15) is 11.9 Å². The topological polar surface area (TPSA) is 41.1 Å². The van der Waals surface area contributed by atoms with Gasteiger partial charge in [-0.05, 0) is 24.3 Å². The van der Waals surface area contributed by atoms with Crippen molar-refractivity contribution >= 4 is 23.2 Å². The number of anilines is 1. The molecule has 0 saturated heterocycles. The van der Waals surface area contributed by atoms with Gasteiger partial charge >= 0.3 is 0 Å². The van der Waals surface area contributed by atoms with E-state index < -0.39 is 29.7 Å². The third-order valence-corrected chi connectivity index (χ3v) is 4.39. The van der Waals surface area contributed by atoms with E-state index in [2.05, 4.69) is 10.6 Å². The van der Waals surface area contributed by atoms with E-state index in [1.807, 2.05) is 0 Å². The summed E-state index contributed by atoms with van der Waals surface area (Å²) in [4.78, 5) is 12.6. The summed E-state index contributed by atoms with van der Waals surface area (Å²) in [5.74, 6) is -3.67. The van der Waals surface area contributed by atoms with Crippen molar-refractivity contribution in [1.29, 1.82) is 0 Å². The van der Waals surface area contributed by atoms with Gasteiger partial charge in [0, 0.05) is 35.2 Å². The van der Waals surface area contributed by atoms with E-state index in [4.69, 9.17) is 11.6 Å². The van der Waals surface area contributed by atoms with Crippen LogP contribution in [0.1, 0.15) is 24.4 Å². The average molecular weight is 369 g/mol. The van der Waals surface area contributed by atoms with E-state index in [0.29, 0.717) is 16.3 Å². The fourth-order valence-electron chi connectivity index (χ4n) is 2.79. The van der Waals surface area contributed by atoms with Crippen LogP contribution in [0.15, 0.2) is 48.5 Å². The number of hydrogen-bond donors (Lipinski definition) is 2. The van der Waals surface area contributed by atoms with Crippen molar-refractivity contribution in [3.05, 3.63) is 64.9 Å². The lowest BCUT2D eigenvalue weighted by atomic mass is 9.88. The molecule has 0 aliphatic heterocycles. The summed E-state index contributed by atoms with van der Waals surface area (Å²) in [6, 6.07) is 10.9. The number of nitrogens with one attached hydrogen (secondary N) is 2. The number of hydrogen-bond acceptors (Lipinski definition) is 2. The quantitative estimate of drug-likeness (QED) is 0.813. The van der Waals surface area contributed by atoms with Crippen LogP contribution in [0.5, 0.6) is 0 Å². The highest BCUT2D eigenvalue weighted by Crippen LogP contribution is 2.38. The summed E-state index contributed by atoms with van der Waals surface area (Å²) in [5.41, 5.74) is 0.871. The first-order valence-electron chi connectivity index (χ1n) is 7.79. The lowest BCUT2D eigenvalue weighted by molar-refractivity contribution is -0.130. The third-order valence-electron chi connectivity index (χ3n) is 4.05. The molecule has 7 heteroatoms. The molecule has 1 aliphatic rings. The summed E-state index contributed by atoms with van der Waals surface area (Å²) in [5, 5.41) is 5.88. The van der Waals surface area contributed by atoms with Gasteiger partial charge in [0.25, 0.3) is 5.92 Å². The van der Waals surface area contributed by atoms with Gasteiger partial charge in [0.2, 0.25) is 5.91 Å². The minimum atomic E-state index is -2.73. The van der Waals surface area contributed by atoms with Crippen molar-refractivity contribution in [3.63, 3.8) is 0 Å². The van der Waals surface area contributed by atoms with Gasteiger partial charge in [-0.2, -0.15) is 0 Å². The summed E-state index contributed by atoms with van der Waals surface area (Å²) in [7, 11) is 0. The molecule has 1 amide bonds. The molecule has 0 aromatic heterocycles. The normalized spacial score (nSPS) is 17.4. The first kappa shape index (κ1) is 17.6. The number of alkyl halides is 2. The second kappa shape index (κ2) is 6.96. The molecule has 2 N–H and O–H groups in total. The smallest absolute Gasteiger partial charge is 0.252 e. The number of rotatable bonds is 5. The molecular weight excluding hydrogens is 353 g/mol. The number of halogens is 4. The van der Waals surface area contributed by atoms with Crippen LogP contribution in [-0.4, -0.2) is 17.9 Å². The SMILES string of the molecule is O=C(NC1CC(F)(F)C1)[C@H](Nc1cccc(F)c1)c1ccccc1Cl. The highest BCUT2D eigenvalue weighted by Gasteiger charge is 2.46. The van der Waals surface area contributed by atoms with Gasteiger partial charge < -0.3 is 10.6 Å². The number of benzene rings is 2. The monoisotopic (exact) mass is 368 g/mol. The van der Waals surface area contributed by atoms with Gasteiger partial charge in [-0.15, -0.1) is 0 Å². The Bertz CT molecular complexity index is 776. The summed E-state index contributed by atoms with van der Waals surface area (Å²) >= 11 is 6.18. The van der Waals surface area contributed by atoms with Crippen LogP contribution in [0.4, 0.5) is 18.9 Å². The zero-order chi connectivity index (χ0) is 18.0. The van der Waals surface area contributed by atoms with Crippen molar-refractivity contribution in [2.45, 2.75) is 30.8 Å². The van der Waals surface area contributed by atoms with E-state index in [0.717, 1.165) is 0 Å². The molecule has 25 heavy (non-hydrogen) atoms. The molecule has 0 unspecified atom stereocenters. The second-order valence-electron chi connectivity index (χ2n) is 6.08. The Hall–Kier alpha value is -2.21. The maximum absolute atomic E-state index is 13.4. The van der Waals surface area contributed by atoms with E-state index in [-0.39, 0.29) is 12.8 Å². The largest absolute Gasteiger partial charge is 0.370 e. The van der Waals surface area contributed by atoms with Crippen molar-refractivity contribution in [1.82, 2.24) is 5.32 Å². The molecule has 132 valence electrons. The summed E-state index contributed by atoms with van der Waals surface area (Å²) in [6.07, 6.45) is -0.762. The Morgan fingerprint density at radius 2 is 1.88 bits per heavy atom. The molecule has 0 spiro atoms. The maximum atomic E-state index is 13.4. The van der Waals surface area contributed by atoms with Gasteiger partial charge in [-0.25, -0.2) is 13.2 Å². The molecular formula is C18H16ClF3N2O. The first-order valence-corrected chi connectivity index (χ1v) is 8.17. The summed E-state index contributed by atoms with van der Waals surface area (Å²) in [6.45, 7) is 0. The maximum Gasteiger partial charge on any atom is 0.252 e. The average Bonchev–Trinajstić information content (AvgIpc) is 2.51. The molecule has 2 aromatic rings. The van der Waals surface area contributed by atoms with E-state index in [1.165, 1.54) is 18.2 Å². The number of amides is 1. The third kappa shape index (κ3) is 4.25. The highest BCUT2D eigenvalue weighted by atomic mass is 35.5. The van der Waals surface area contributed by atoms with Crippen molar-refractivity contribution in [2.24, 2.45) is 0 Å². The Morgan fingerprint density at radius 1 is 1.16 bits per heavy atom. The first-order chi connectivity index (χ1) is 11.8. The Morgan fingerprint density at radius 3 is 2.52 bits per heavy atom. The van der Waals surface area contributed by atoms with Crippen molar-refractivity contribution in [3.8, 4) is 0 Å². The Kier molecular flexibility index (Phi) is 4.90. The van der Waals surface area contributed by atoms with Crippen molar-refractivity contribution < 1.29 is 18.0 Å². The van der Waals surface area contributed by atoms with Crippen LogP contribution >= 0.6 is 11.6 Å². The molecule has 2 aromatic carbocycles. The molecule has 0 heterocycles. The summed E-state index contributed by atoms with van der Waals surface area (Å²) < 4.78 is 39.4. The molecule has 0 bridgehead atoms. The van der Waals surface area contributed by atoms with Crippen LogP contribution in [-0.2, 0) is 4.79 Å². The van der Waals surface area contributed by atoms with Crippen LogP contribution in [0, 0.1) is 5.82 Å². The minimum absolute atomic E-state index is 0.352. The molecule has 3 nitrogen and oxygen atoms in total. The number of carbonyl (C=O) groups is 1. The molecule has 1 aliphatic carbocycles. The van der Waals surface area contributed by atoms with E-state index >= 15 is 0 Å². The lowest BCUT2D eigenvalue weighted by Gasteiger charge is -2.36. The van der Waals surface area contributed by atoms with Crippen LogP contribution in [0.3, 0.4) is 0 Å². The zero-order valence-electron chi connectivity index (χ0n) is 13.1. The zero-order valence-corrected chi connectivity index (χ0v) is 13.9. The van der Waals surface area contributed by atoms with Crippen LogP contribution < -0.4 is 10.6 Å². The predicted octanol–water partition coefficient (Wildman–Crippen LogP) is 4.55. The molecule has 1 atom stereocenters. The molecule has 3 rings (SSSR count). The fourth-order valence-corrected chi connectivity index (χ4v) is 3.03. The van der Waals surface area contributed by atoms with Crippen LogP contribution in [0.2, 0.25) is 5.02 Å². The Labute approximate surface area is 148 Å². The lowest BCUT2D eigenvalue weighted by Crippen LogP contribution is -2.52. The van der Waals surface area contributed by atoms with Crippen molar-refractivity contribution in [2.75, 3.05) is 5.32 Å². The number of carbonyl (C=O) groups excluding carboxylic acids is 1. The molecule has 1 fully saturated rings.